The summed E-state index contributed by atoms with van der Waals surface area (Å²) < 4.78 is 11.1. The second-order valence-corrected chi connectivity index (χ2v) is 6.66. The van der Waals surface area contributed by atoms with Crippen molar-refractivity contribution in [2.24, 2.45) is 0 Å². The van der Waals surface area contributed by atoms with Gasteiger partial charge in [-0.15, -0.1) is 0 Å². The first kappa shape index (κ1) is 17.6. The Kier molecular flexibility index (Phi) is 5.50. The zero-order chi connectivity index (χ0) is 17.8. The lowest BCUT2D eigenvalue weighted by atomic mass is 10.2. The van der Waals surface area contributed by atoms with Crippen molar-refractivity contribution in [2.45, 2.75) is 32.4 Å². The molecule has 8 nitrogen and oxygen atoms in total. The number of ether oxygens (including phenoxy) is 1. The van der Waals surface area contributed by atoms with Gasteiger partial charge < -0.3 is 14.1 Å². The van der Waals surface area contributed by atoms with Crippen LogP contribution in [0.4, 0.5) is 0 Å². The number of carbonyl (C=O) groups excluding carboxylic acids is 1. The van der Waals surface area contributed by atoms with Gasteiger partial charge in [0.15, 0.2) is 11.6 Å². The lowest BCUT2D eigenvalue weighted by Gasteiger charge is -2.32. The fraction of sp³-hybridized carbons (Fsp3) is 0.588. The monoisotopic (exact) mass is 347 g/mol. The van der Waals surface area contributed by atoms with Gasteiger partial charge in [-0.3, -0.25) is 14.8 Å². The summed E-state index contributed by atoms with van der Waals surface area (Å²) in [7, 11) is 1.79. The summed E-state index contributed by atoms with van der Waals surface area (Å²) in [6.07, 6.45) is 1.43. The average Bonchev–Trinajstić information content (AvgIpc) is 3.26. The number of carbonyl (C=O) groups is 1. The van der Waals surface area contributed by atoms with Crippen molar-refractivity contribution in [3.63, 3.8) is 0 Å². The fourth-order valence-electron chi connectivity index (χ4n) is 2.74. The highest BCUT2D eigenvalue weighted by atomic mass is 16.5. The number of aromatic amines is 1. The number of hydrogen-bond acceptors (Lipinski definition) is 6. The van der Waals surface area contributed by atoms with Crippen LogP contribution in [0.5, 0.6) is 0 Å². The van der Waals surface area contributed by atoms with Crippen LogP contribution in [0.2, 0.25) is 0 Å². The van der Waals surface area contributed by atoms with Crippen LogP contribution in [0.1, 0.15) is 43.3 Å². The van der Waals surface area contributed by atoms with Crippen LogP contribution in [0, 0.1) is 0 Å². The molecule has 1 saturated heterocycles. The third kappa shape index (κ3) is 4.46. The van der Waals surface area contributed by atoms with E-state index in [0.29, 0.717) is 26.2 Å². The van der Waals surface area contributed by atoms with Crippen LogP contribution in [-0.2, 0) is 16.1 Å². The Morgan fingerprint density at radius 3 is 3.04 bits per heavy atom. The van der Waals surface area contributed by atoms with Crippen molar-refractivity contribution < 1.29 is 13.9 Å². The highest BCUT2D eigenvalue weighted by Gasteiger charge is 2.27. The number of morpholine rings is 1. The summed E-state index contributed by atoms with van der Waals surface area (Å²) in [6.45, 7) is 6.83. The summed E-state index contributed by atoms with van der Waals surface area (Å²) in [5, 5.41) is 7.19. The van der Waals surface area contributed by atoms with Gasteiger partial charge >= 0.3 is 0 Å². The lowest BCUT2D eigenvalue weighted by molar-refractivity contribution is -0.134. The molecule has 2 aromatic heterocycles. The third-order valence-corrected chi connectivity index (χ3v) is 4.25. The molecule has 1 N–H and O–H groups in total. The van der Waals surface area contributed by atoms with E-state index in [9.17, 15) is 4.79 Å². The van der Waals surface area contributed by atoms with Crippen molar-refractivity contribution in [3.8, 4) is 0 Å². The molecule has 3 heterocycles. The standard InChI is InChI=1S/C17H25N5O3/c1-12(2)16-18-17(20-19-16)14-10-22(6-8-25-14)11-15(23)21(3)9-13-5-4-7-24-13/h4-5,7,12,14H,6,8-11H2,1-3H3,(H,18,19,20). The summed E-state index contributed by atoms with van der Waals surface area (Å²) in [5.74, 6) is 2.60. The number of nitrogens with one attached hydrogen (secondary N) is 1. The van der Waals surface area contributed by atoms with Gasteiger partial charge in [0, 0.05) is 26.1 Å². The second kappa shape index (κ2) is 7.79. The van der Waals surface area contributed by atoms with Crippen molar-refractivity contribution in [1.82, 2.24) is 25.0 Å². The molecule has 0 saturated carbocycles. The van der Waals surface area contributed by atoms with Gasteiger partial charge in [0.2, 0.25) is 5.91 Å². The quantitative estimate of drug-likeness (QED) is 0.853. The molecule has 2 aromatic rings. The highest BCUT2D eigenvalue weighted by molar-refractivity contribution is 5.77. The fourth-order valence-corrected chi connectivity index (χ4v) is 2.74. The minimum absolute atomic E-state index is 0.0532. The molecule has 0 bridgehead atoms. The van der Waals surface area contributed by atoms with E-state index in [0.717, 1.165) is 24.0 Å². The van der Waals surface area contributed by atoms with E-state index >= 15 is 0 Å². The number of amides is 1. The summed E-state index contributed by atoms with van der Waals surface area (Å²) in [5.41, 5.74) is 0. The number of nitrogens with zero attached hydrogens (tertiary/aromatic N) is 4. The molecular weight excluding hydrogens is 322 g/mol. The number of furan rings is 1. The van der Waals surface area contributed by atoms with Crippen LogP contribution in [0.25, 0.3) is 0 Å². The van der Waals surface area contributed by atoms with Gasteiger partial charge in [0.25, 0.3) is 0 Å². The number of hydrogen-bond donors (Lipinski definition) is 1. The number of H-pyrrole nitrogens is 1. The molecule has 0 radical (unpaired) electrons. The van der Waals surface area contributed by atoms with Crippen molar-refractivity contribution in [1.29, 1.82) is 0 Å². The van der Waals surface area contributed by atoms with Gasteiger partial charge in [-0.1, -0.05) is 13.8 Å². The molecule has 0 aromatic carbocycles. The topological polar surface area (TPSA) is 87.5 Å². The predicted octanol–water partition coefficient (Wildman–Crippen LogP) is 1.55. The maximum absolute atomic E-state index is 12.4. The molecule has 1 aliphatic rings. The van der Waals surface area contributed by atoms with Gasteiger partial charge in [-0.25, -0.2) is 4.98 Å². The third-order valence-electron chi connectivity index (χ3n) is 4.25. The molecule has 1 amide bonds. The lowest BCUT2D eigenvalue weighted by Crippen LogP contribution is -2.44. The van der Waals surface area contributed by atoms with E-state index in [-0.39, 0.29) is 17.9 Å². The van der Waals surface area contributed by atoms with Crippen LogP contribution < -0.4 is 0 Å². The Morgan fingerprint density at radius 2 is 2.36 bits per heavy atom. The molecule has 136 valence electrons. The van der Waals surface area contributed by atoms with Crippen molar-refractivity contribution in [2.75, 3.05) is 33.3 Å². The van der Waals surface area contributed by atoms with E-state index in [1.165, 1.54) is 0 Å². The van der Waals surface area contributed by atoms with Gasteiger partial charge in [-0.2, -0.15) is 5.10 Å². The maximum Gasteiger partial charge on any atom is 0.236 e. The molecule has 1 unspecified atom stereocenters. The SMILES string of the molecule is CC(C)c1n[nH]c(C2CN(CC(=O)N(C)Cc3ccco3)CCO2)n1. The number of aromatic nitrogens is 3. The van der Waals surface area contributed by atoms with Crippen LogP contribution >= 0.6 is 0 Å². The Labute approximate surface area is 147 Å². The Balaban J connectivity index is 1.54. The van der Waals surface area contributed by atoms with E-state index in [4.69, 9.17) is 9.15 Å². The smallest absolute Gasteiger partial charge is 0.236 e. The van der Waals surface area contributed by atoms with Crippen LogP contribution in [-0.4, -0.2) is 64.2 Å². The molecule has 8 heteroatoms. The first-order valence-corrected chi connectivity index (χ1v) is 8.55. The van der Waals surface area contributed by atoms with Gasteiger partial charge in [0.1, 0.15) is 11.9 Å². The molecule has 25 heavy (non-hydrogen) atoms. The second-order valence-electron chi connectivity index (χ2n) is 6.66. The summed E-state index contributed by atoms with van der Waals surface area (Å²) in [6, 6.07) is 3.69. The summed E-state index contributed by atoms with van der Waals surface area (Å²) in [4.78, 5) is 20.7. The van der Waals surface area contributed by atoms with Crippen LogP contribution in [0.3, 0.4) is 0 Å². The van der Waals surface area contributed by atoms with E-state index in [1.54, 1.807) is 18.2 Å². The molecular formula is C17H25N5O3. The predicted molar refractivity (Wildman–Crippen MR) is 90.8 cm³/mol. The first-order chi connectivity index (χ1) is 12.0. The van der Waals surface area contributed by atoms with E-state index < -0.39 is 0 Å². The zero-order valence-electron chi connectivity index (χ0n) is 14.9. The normalized spacial score (nSPS) is 18.6. The molecule has 1 aliphatic heterocycles. The molecule has 0 aliphatic carbocycles. The van der Waals surface area contributed by atoms with Crippen LogP contribution in [0.15, 0.2) is 22.8 Å². The highest BCUT2D eigenvalue weighted by Crippen LogP contribution is 2.20. The maximum atomic E-state index is 12.4. The summed E-state index contributed by atoms with van der Waals surface area (Å²) >= 11 is 0. The Bertz CT molecular complexity index is 682. The van der Waals surface area contributed by atoms with Gasteiger partial charge in [-0.05, 0) is 12.1 Å². The molecule has 3 rings (SSSR count). The first-order valence-electron chi connectivity index (χ1n) is 8.55. The molecule has 1 fully saturated rings. The van der Waals surface area contributed by atoms with Gasteiger partial charge in [0.05, 0.1) is 26.0 Å². The van der Waals surface area contributed by atoms with E-state index in [2.05, 4.69) is 33.9 Å². The average molecular weight is 347 g/mol. The Morgan fingerprint density at radius 1 is 1.52 bits per heavy atom. The number of likely N-dealkylation sites (N-methyl/N-ethyl adjacent to an activating group) is 1. The van der Waals surface area contributed by atoms with Crippen molar-refractivity contribution in [3.05, 3.63) is 35.8 Å². The van der Waals surface area contributed by atoms with Crippen molar-refractivity contribution >= 4 is 5.91 Å². The zero-order valence-corrected chi connectivity index (χ0v) is 14.9. The van der Waals surface area contributed by atoms with E-state index in [1.807, 2.05) is 12.1 Å². The largest absolute Gasteiger partial charge is 0.467 e. The minimum Gasteiger partial charge on any atom is -0.467 e. The Hall–Kier alpha value is -2.19. The number of rotatable bonds is 6. The molecule has 1 atom stereocenters. The molecule has 0 spiro atoms. The minimum atomic E-state index is -0.183.